The van der Waals surface area contributed by atoms with Gasteiger partial charge >= 0.3 is 0 Å². The normalized spacial score (nSPS) is 14.7. The highest BCUT2D eigenvalue weighted by atomic mass is 32.2. The van der Waals surface area contributed by atoms with Gasteiger partial charge in [-0.2, -0.15) is 4.31 Å². The van der Waals surface area contributed by atoms with Gasteiger partial charge in [0.15, 0.2) is 0 Å². The van der Waals surface area contributed by atoms with Crippen molar-refractivity contribution in [1.29, 1.82) is 0 Å². The minimum Gasteiger partial charge on any atom is -0.379 e. The highest BCUT2D eigenvalue weighted by Crippen LogP contribution is 2.28. The van der Waals surface area contributed by atoms with Crippen LogP contribution in [0.3, 0.4) is 0 Å². The molecule has 1 aliphatic heterocycles. The van der Waals surface area contributed by atoms with Gasteiger partial charge in [0.2, 0.25) is 20.0 Å². The van der Waals surface area contributed by atoms with Gasteiger partial charge in [-0.3, -0.25) is 9.10 Å². The third kappa shape index (κ3) is 6.24. The lowest BCUT2D eigenvalue weighted by Gasteiger charge is -2.26. The maximum absolute atomic E-state index is 12.8. The summed E-state index contributed by atoms with van der Waals surface area (Å²) in [7, 11) is -7.16. The molecule has 1 N–H and O–H groups in total. The van der Waals surface area contributed by atoms with E-state index >= 15 is 0 Å². The molecule has 1 saturated heterocycles. The maximum Gasteiger partial charge on any atom is 0.255 e. The number of nitrogens with one attached hydrogen (secondary N) is 1. The van der Waals surface area contributed by atoms with Crippen molar-refractivity contribution in [2.75, 3.05) is 42.2 Å². The number of hydrogen-bond donors (Lipinski definition) is 1. The standard InChI is InChI=1S/C27H31N3O6S2/c1-20-5-4-6-21(2)26(20)30(37(3,32)33)19-22-7-9-23(10-8-22)27(31)28-24-11-13-25(14-12-24)38(34,35)29-15-17-36-18-16-29/h4-14H,15-19H2,1-3H3,(H,28,31). The van der Waals surface area contributed by atoms with Gasteiger partial charge in [0.05, 0.1) is 36.6 Å². The lowest BCUT2D eigenvalue weighted by atomic mass is 10.1. The first-order chi connectivity index (χ1) is 18.0. The molecular weight excluding hydrogens is 526 g/mol. The Hall–Kier alpha value is -3.25. The molecule has 0 aliphatic carbocycles. The Morgan fingerprint density at radius 2 is 1.47 bits per heavy atom. The van der Waals surface area contributed by atoms with Crippen molar-refractivity contribution in [3.05, 3.63) is 89.0 Å². The first-order valence-electron chi connectivity index (χ1n) is 12.1. The lowest BCUT2D eigenvalue weighted by Crippen LogP contribution is -2.40. The first kappa shape index (κ1) is 27.8. The van der Waals surface area contributed by atoms with E-state index in [0.29, 0.717) is 43.2 Å². The molecule has 202 valence electrons. The average Bonchev–Trinajstić information content (AvgIpc) is 2.88. The van der Waals surface area contributed by atoms with Crippen LogP contribution in [0.25, 0.3) is 0 Å². The molecule has 38 heavy (non-hydrogen) atoms. The molecule has 4 rings (SSSR count). The summed E-state index contributed by atoms with van der Waals surface area (Å²) in [5.74, 6) is -0.366. The number of carbonyl (C=O) groups excluding carboxylic acids is 1. The second kappa shape index (κ2) is 11.2. The van der Waals surface area contributed by atoms with Gasteiger partial charge in [0.25, 0.3) is 5.91 Å². The van der Waals surface area contributed by atoms with Crippen LogP contribution in [0.1, 0.15) is 27.0 Å². The third-order valence-electron chi connectivity index (χ3n) is 6.35. The monoisotopic (exact) mass is 557 g/mol. The Kier molecular flexibility index (Phi) is 8.22. The van der Waals surface area contributed by atoms with Crippen LogP contribution < -0.4 is 9.62 Å². The zero-order chi connectivity index (χ0) is 27.5. The molecule has 3 aromatic rings. The second-order valence-corrected chi connectivity index (χ2v) is 13.0. The van der Waals surface area contributed by atoms with E-state index in [0.717, 1.165) is 16.7 Å². The SMILES string of the molecule is Cc1cccc(C)c1N(Cc1ccc(C(=O)Nc2ccc(S(=O)(=O)N3CCOCC3)cc2)cc1)S(C)(=O)=O. The van der Waals surface area contributed by atoms with E-state index < -0.39 is 20.0 Å². The minimum absolute atomic E-state index is 0.130. The number of benzene rings is 3. The van der Waals surface area contributed by atoms with Crippen LogP contribution in [0.15, 0.2) is 71.6 Å². The van der Waals surface area contributed by atoms with Crippen LogP contribution in [-0.4, -0.2) is 59.6 Å². The zero-order valence-corrected chi connectivity index (χ0v) is 23.2. The van der Waals surface area contributed by atoms with E-state index in [1.54, 1.807) is 36.4 Å². The topological polar surface area (TPSA) is 113 Å². The van der Waals surface area contributed by atoms with Gasteiger partial charge in [-0.1, -0.05) is 30.3 Å². The molecule has 0 unspecified atom stereocenters. The number of aryl methyl sites for hydroxylation is 2. The van der Waals surface area contributed by atoms with Gasteiger partial charge in [0.1, 0.15) is 0 Å². The van der Waals surface area contributed by atoms with E-state index in [1.807, 2.05) is 32.0 Å². The highest BCUT2D eigenvalue weighted by Gasteiger charge is 2.26. The summed E-state index contributed by atoms with van der Waals surface area (Å²) < 4.78 is 58.8. The fourth-order valence-corrected chi connectivity index (χ4v) is 6.75. The summed E-state index contributed by atoms with van der Waals surface area (Å²) in [6, 6.07) is 18.4. The number of sulfonamides is 2. The van der Waals surface area contributed by atoms with Gasteiger partial charge in [-0.05, 0) is 66.9 Å². The fraction of sp³-hybridized carbons (Fsp3) is 0.296. The Balaban J connectivity index is 1.45. The second-order valence-electron chi connectivity index (χ2n) is 9.20. The van der Waals surface area contributed by atoms with Crippen molar-refractivity contribution in [2.24, 2.45) is 0 Å². The molecule has 3 aromatic carbocycles. The maximum atomic E-state index is 12.8. The summed E-state index contributed by atoms with van der Waals surface area (Å²) in [4.78, 5) is 12.9. The predicted molar refractivity (Wildman–Crippen MR) is 147 cm³/mol. The third-order valence-corrected chi connectivity index (χ3v) is 9.38. The molecule has 1 aliphatic rings. The number of nitrogens with zero attached hydrogens (tertiary/aromatic N) is 2. The lowest BCUT2D eigenvalue weighted by molar-refractivity contribution is 0.0730. The molecule has 11 heteroatoms. The van der Waals surface area contributed by atoms with Gasteiger partial charge in [0, 0.05) is 24.3 Å². The zero-order valence-electron chi connectivity index (χ0n) is 21.5. The van der Waals surface area contributed by atoms with Crippen LogP contribution in [0.4, 0.5) is 11.4 Å². The van der Waals surface area contributed by atoms with Crippen LogP contribution in [0.2, 0.25) is 0 Å². The molecule has 9 nitrogen and oxygen atoms in total. The van der Waals surface area contributed by atoms with Crippen LogP contribution in [0, 0.1) is 13.8 Å². The fourth-order valence-electron chi connectivity index (χ4n) is 4.34. The molecule has 0 atom stereocenters. The molecular formula is C27H31N3O6S2. The molecule has 0 aromatic heterocycles. The largest absolute Gasteiger partial charge is 0.379 e. The number of amides is 1. The number of carbonyl (C=O) groups is 1. The quantitative estimate of drug-likeness (QED) is 0.453. The molecule has 1 fully saturated rings. The number of rotatable bonds is 8. The Morgan fingerprint density at radius 1 is 0.895 bits per heavy atom. The Morgan fingerprint density at radius 3 is 2.03 bits per heavy atom. The Bertz CT molecular complexity index is 1490. The number of para-hydroxylation sites is 1. The van der Waals surface area contributed by atoms with Crippen molar-refractivity contribution in [2.45, 2.75) is 25.3 Å². The number of anilines is 2. The smallest absolute Gasteiger partial charge is 0.255 e. The van der Waals surface area contributed by atoms with Crippen LogP contribution >= 0.6 is 0 Å². The Labute approximate surface area is 224 Å². The minimum atomic E-state index is -3.62. The van der Waals surface area contributed by atoms with E-state index in [1.165, 1.54) is 27.0 Å². The number of ether oxygens (including phenoxy) is 1. The molecule has 1 amide bonds. The summed E-state index contributed by atoms with van der Waals surface area (Å²) >= 11 is 0. The first-order valence-corrected chi connectivity index (χ1v) is 15.4. The molecule has 0 saturated carbocycles. The van der Waals surface area contributed by atoms with E-state index in [2.05, 4.69) is 5.32 Å². The van der Waals surface area contributed by atoms with Crippen molar-refractivity contribution in [3.8, 4) is 0 Å². The summed E-state index contributed by atoms with van der Waals surface area (Å²) in [6.07, 6.45) is 1.18. The van der Waals surface area contributed by atoms with Gasteiger partial charge in [-0.15, -0.1) is 0 Å². The molecule has 0 radical (unpaired) electrons. The van der Waals surface area contributed by atoms with Crippen molar-refractivity contribution in [1.82, 2.24) is 4.31 Å². The van der Waals surface area contributed by atoms with Crippen LogP contribution in [-0.2, 0) is 31.3 Å². The van der Waals surface area contributed by atoms with Crippen molar-refractivity contribution < 1.29 is 26.4 Å². The van der Waals surface area contributed by atoms with Gasteiger partial charge in [-0.25, -0.2) is 16.8 Å². The summed E-state index contributed by atoms with van der Waals surface area (Å²) in [5, 5.41) is 2.77. The highest BCUT2D eigenvalue weighted by molar-refractivity contribution is 7.92. The van der Waals surface area contributed by atoms with E-state index in [4.69, 9.17) is 4.74 Å². The number of morpholine rings is 1. The summed E-state index contributed by atoms with van der Waals surface area (Å²) in [5.41, 5.74) is 3.93. The molecule has 1 heterocycles. The van der Waals surface area contributed by atoms with Crippen molar-refractivity contribution in [3.63, 3.8) is 0 Å². The predicted octanol–water partition coefficient (Wildman–Crippen LogP) is 3.54. The van der Waals surface area contributed by atoms with E-state index in [-0.39, 0.29) is 17.3 Å². The number of hydrogen-bond acceptors (Lipinski definition) is 6. The van der Waals surface area contributed by atoms with Crippen LogP contribution in [0.5, 0.6) is 0 Å². The van der Waals surface area contributed by atoms with E-state index in [9.17, 15) is 21.6 Å². The molecule has 0 bridgehead atoms. The molecule has 0 spiro atoms. The van der Waals surface area contributed by atoms with Crippen molar-refractivity contribution >= 4 is 37.3 Å². The average molecular weight is 558 g/mol. The summed E-state index contributed by atoms with van der Waals surface area (Å²) in [6.45, 7) is 5.23. The van der Waals surface area contributed by atoms with Gasteiger partial charge < -0.3 is 10.1 Å².